The summed E-state index contributed by atoms with van der Waals surface area (Å²) < 4.78 is 1.81. The number of thiocarbonyl (C=S) groups is 1. The van der Waals surface area contributed by atoms with E-state index in [0.29, 0.717) is 4.99 Å². The summed E-state index contributed by atoms with van der Waals surface area (Å²) in [5, 5.41) is 7.72. The van der Waals surface area contributed by atoms with Gasteiger partial charge in [-0.1, -0.05) is 18.3 Å². The van der Waals surface area contributed by atoms with Crippen LogP contribution in [-0.2, 0) is 13.5 Å². The molecule has 0 unspecified atom stereocenters. The average molecular weight is 274 g/mol. The molecule has 1 aromatic carbocycles. The Morgan fingerprint density at radius 3 is 2.84 bits per heavy atom. The van der Waals surface area contributed by atoms with E-state index in [-0.39, 0.29) is 0 Å². The number of nitrogens with one attached hydrogen (secondary N) is 1. The smallest absolute Gasteiger partial charge is 0.106 e. The van der Waals surface area contributed by atoms with Crippen molar-refractivity contribution in [3.05, 3.63) is 47.3 Å². The van der Waals surface area contributed by atoms with Gasteiger partial charge in [0, 0.05) is 37.5 Å². The number of benzene rings is 1. The van der Waals surface area contributed by atoms with Crippen molar-refractivity contribution in [3.63, 3.8) is 0 Å². The van der Waals surface area contributed by atoms with Crippen LogP contribution in [0.1, 0.15) is 16.8 Å². The fourth-order valence-corrected chi connectivity index (χ4v) is 2.12. The zero-order chi connectivity index (χ0) is 13.8. The standard InChI is InChI=1S/C14H18N4S/c1-10-3-4-12(14(15)19)13(9-10)16-7-5-11-6-8-18(2)17-11/h3-4,6,8-9,16H,5,7H2,1-2H3,(H2,15,19). The first kappa shape index (κ1) is 13.5. The van der Waals surface area contributed by atoms with Crippen LogP contribution < -0.4 is 11.1 Å². The normalized spacial score (nSPS) is 10.4. The molecule has 0 radical (unpaired) electrons. The summed E-state index contributed by atoms with van der Waals surface area (Å²) in [6, 6.07) is 8.05. The third-order valence-electron chi connectivity index (χ3n) is 2.91. The second-order valence-electron chi connectivity index (χ2n) is 4.57. The molecule has 5 heteroatoms. The van der Waals surface area contributed by atoms with Gasteiger partial charge in [0.25, 0.3) is 0 Å². The zero-order valence-electron chi connectivity index (χ0n) is 11.2. The molecule has 0 bridgehead atoms. The number of anilines is 1. The van der Waals surface area contributed by atoms with Crippen molar-refractivity contribution < 1.29 is 0 Å². The second kappa shape index (κ2) is 5.84. The summed E-state index contributed by atoms with van der Waals surface area (Å²) in [4.78, 5) is 0.417. The number of aryl methyl sites for hydroxylation is 2. The average Bonchev–Trinajstić information content (AvgIpc) is 2.75. The van der Waals surface area contributed by atoms with Crippen molar-refractivity contribution in [2.24, 2.45) is 12.8 Å². The quantitative estimate of drug-likeness (QED) is 0.819. The lowest BCUT2D eigenvalue weighted by molar-refractivity contribution is 0.742. The van der Waals surface area contributed by atoms with E-state index < -0.39 is 0 Å². The molecule has 1 heterocycles. The van der Waals surface area contributed by atoms with Crippen molar-refractivity contribution in [1.82, 2.24) is 9.78 Å². The van der Waals surface area contributed by atoms with E-state index in [4.69, 9.17) is 18.0 Å². The molecule has 0 fully saturated rings. The van der Waals surface area contributed by atoms with Gasteiger partial charge in [0.05, 0.1) is 5.69 Å². The highest BCUT2D eigenvalue weighted by atomic mass is 32.1. The second-order valence-corrected chi connectivity index (χ2v) is 5.01. The van der Waals surface area contributed by atoms with Crippen LogP contribution in [0, 0.1) is 6.92 Å². The maximum Gasteiger partial charge on any atom is 0.106 e. The number of aromatic nitrogens is 2. The van der Waals surface area contributed by atoms with Crippen molar-refractivity contribution in [1.29, 1.82) is 0 Å². The van der Waals surface area contributed by atoms with Crippen LogP contribution in [-0.4, -0.2) is 21.3 Å². The summed E-state index contributed by atoms with van der Waals surface area (Å²) in [5.74, 6) is 0. The molecule has 0 aliphatic carbocycles. The van der Waals surface area contributed by atoms with Crippen LogP contribution in [0.5, 0.6) is 0 Å². The minimum absolute atomic E-state index is 0.417. The molecule has 4 nitrogen and oxygen atoms in total. The third-order valence-corrected chi connectivity index (χ3v) is 3.13. The lowest BCUT2D eigenvalue weighted by Gasteiger charge is -2.11. The number of nitrogens with two attached hydrogens (primary N) is 1. The molecular weight excluding hydrogens is 256 g/mol. The van der Waals surface area contributed by atoms with Gasteiger partial charge >= 0.3 is 0 Å². The highest BCUT2D eigenvalue weighted by molar-refractivity contribution is 7.80. The van der Waals surface area contributed by atoms with Gasteiger partial charge in [-0.2, -0.15) is 5.10 Å². The zero-order valence-corrected chi connectivity index (χ0v) is 12.0. The van der Waals surface area contributed by atoms with E-state index in [1.165, 1.54) is 5.56 Å². The van der Waals surface area contributed by atoms with Crippen molar-refractivity contribution in [3.8, 4) is 0 Å². The van der Waals surface area contributed by atoms with Crippen LogP contribution in [0.4, 0.5) is 5.69 Å². The fourth-order valence-electron chi connectivity index (χ4n) is 1.94. The molecule has 2 rings (SSSR count). The van der Waals surface area contributed by atoms with E-state index >= 15 is 0 Å². The van der Waals surface area contributed by atoms with Crippen LogP contribution >= 0.6 is 12.2 Å². The topological polar surface area (TPSA) is 55.9 Å². The van der Waals surface area contributed by atoms with Gasteiger partial charge in [0.1, 0.15) is 4.99 Å². The van der Waals surface area contributed by atoms with Gasteiger partial charge < -0.3 is 11.1 Å². The van der Waals surface area contributed by atoms with Gasteiger partial charge in [0.2, 0.25) is 0 Å². The third kappa shape index (κ3) is 3.54. The fraction of sp³-hybridized carbons (Fsp3) is 0.286. The van der Waals surface area contributed by atoms with Gasteiger partial charge in [0.15, 0.2) is 0 Å². The molecule has 0 saturated carbocycles. The van der Waals surface area contributed by atoms with E-state index in [0.717, 1.165) is 29.9 Å². The Labute approximate surface area is 118 Å². The molecule has 1 aromatic heterocycles. The first-order chi connectivity index (χ1) is 9.06. The predicted octanol–water partition coefficient (Wildman–Crippen LogP) is 2.02. The molecule has 3 N–H and O–H groups in total. The number of hydrogen-bond acceptors (Lipinski definition) is 3. The van der Waals surface area contributed by atoms with E-state index in [1.807, 2.05) is 43.0 Å². The summed E-state index contributed by atoms with van der Waals surface area (Å²) >= 11 is 5.06. The SMILES string of the molecule is Cc1ccc(C(N)=S)c(NCCc2ccn(C)n2)c1. The molecule has 0 amide bonds. The number of nitrogens with zero attached hydrogens (tertiary/aromatic N) is 2. The molecule has 0 aliphatic heterocycles. The van der Waals surface area contributed by atoms with Crippen molar-refractivity contribution in [2.45, 2.75) is 13.3 Å². The molecule has 0 saturated heterocycles. The molecular formula is C14H18N4S. The van der Waals surface area contributed by atoms with Crippen molar-refractivity contribution >= 4 is 22.9 Å². The summed E-state index contributed by atoms with van der Waals surface area (Å²) in [6.45, 7) is 2.85. The maximum absolute atomic E-state index is 5.73. The summed E-state index contributed by atoms with van der Waals surface area (Å²) in [6.07, 6.45) is 2.81. The summed E-state index contributed by atoms with van der Waals surface area (Å²) in [7, 11) is 1.92. The van der Waals surface area contributed by atoms with E-state index in [1.54, 1.807) is 0 Å². The first-order valence-electron chi connectivity index (χ1n) is 6.19. The van der Waals surface area contributed by atoms with Crippen molar-refractivity contribution in [2.75, 3.05) is 11.9 Å². The molecule has 100 valence electrons. The molecule has 0 spiro atoms. The van der Waals surface area contributed by atoms with E-state index in [2.05, 4.69) is 16.5 Å². The Balaban J connectivity index is 2.02. The Morgan fingerprint density at radius 2 is 2.21 bits per heavy atom. The van der Waals surface area contributed by atoms with E-state index in [9.17, 15) is 0 Å². The maximum atomic E-state index is 5.73. The summed E-state index contributed by atoms with van der Waals surface area (Å²) in [5.41, 5.74) is 9.86. The molecule has 2 aromatic rings. The Bertz CT molecular complexity index is 589. The Morgan fingerprint density at radius 1 is 1.42 bits per heavy atom. The van der Waals surface area contributed by atoms with Gasteiger partial charge in [-0.3, -0.25) is 4.68 Å². The lowest BCUT2D eigenvalue weighted by Crippen LogP contribution is -2.14. The van der Waals surface area contributed by atoms with Crippen LogP contribution in [0.2, 0.25) is 0 Å². The number of rotatable bonds is 5. The molecule has 0 aliphatic rings. The Hall–Kier alpha value is -1.88. The highest BCUT2D eigenvalue weighted by Crippen LogP contribution is 2.17. The molecule has 0 atom stereocenters. The minimum atomic E-state index is 0.417. The lowest BCUT2D eigenvalue weighted by atomic mass is 10.1. The van der Waals surface area contributed by atoms with Crippen LogP contribution in [0.15, 0.2) is 30.5 Å². The first-order valence-corrected chi connectivity index (χ1v) is 6.60. The minimum Gasteiger partial charge on any atom is -0.389 e. The van der Waals surface area contributed by atoms with Crippen LogP contribution in [0.25, 0.3) is 0 Å². The van der Waals surface area contributed by atoms with Crippen LogP contribution in [0.3, 0.4) is 0 Å². The monoisotopic (exact) mass is 274 g/mol. The predicted molar refractivity (Wildman–Crippen MR) is 82.5 cm³/mol. The van der Waals surface area contributed by atoms with Gasteiger partial charge in [-0.05, 0) is 30.7 Å². The largest absolute Gasteiger partial charge is 0.389 e. The highest BCUT2D eigenvalue weighted by Gasteiger charge is 2.05. The molecule has 19 heavy (non-hydrogen) atoms. The number of hydrogen-bond donors (Lipinski definition) is 2. The van der Waals surface area contributed by atoms with Gasteiger partial charge in [-0.25, -0.2) is 0 Å². The Kier molecular flexibility index (Phi) is 4.16. The van der Waals surface area contributed by atoms with Gasteiger partial charge in [-0.15, -0.1) is 0 Å².